The number of nitro groups is 1. The van der Waals surface area contributed by atoms with E-state index in [-0.39, 0.29) is 24.4 Å². The number of carbonyl (C=O) groups is 2. The molecule has 0 fully saturated rings. The molecule has 0 aliphatic carbocycles. The molecular weight excluding hydrogens is 398 g/mol. The molecule has 2 atom stereocenters. The first kappa shape index (κ1) is 22.1. The SMILES string of the molecule is COC(=O)C1C(C)=NC(C)=C(C(=O)OCCN=C=S)C1c1cccc([N+](=O)[O-])c1. The second-order valence-electron chi connectivity index (χ2n) is 6.19. The Labute approximate surface area is 172 Å². The van der Waals surface area contributed by atoms with Gasteiger partial charge in [0.1, 0.15) is 12.5 Å². The fourth-order valence-corrected chi connectivity index (χ4v) is 3.33. The molecule has 1 aliphatic rings. The van der Waals surface area contributed by atoms with Gasteiger partial charge in [0.05, 0.1) is 29.3 Å². The molecule has 0 aromatic heterocycles. The van der Waals surface area contributed by atoms with Gasteiger partial charge in [0.2, 0.25) is 0 Å². The summed E-state index contributed by atoms with van der Waals surface area (Å²) in [6.07, 6.45) is 0. The Balaban J connectivity index is 2.56. The highest BCUT2D eigenvalue weighted by Crippen LogP contribution is 2.40. The number of esters is 2. The minimum atomic E-state index is -0.924. The molecule has 0 saturated heterocycles. The molecule has 2 unspecified atom stereocenters. The number of methoxy groups -OCH3 is 1. The van der Waals surface area contributed by atoms with E-state index >= 15 is 0 Å². The Morgan fingerprint density at radius 1 is 1.38 bits per heavy atom. The first-order valence-electron chi connectivity index (χ1n) is 8.60. The Morgan fingerprint density at radius 2 is 2.10 bits per heavy atom. The number of aliphatic imine (C=N–C) groups is 2. The van der Waals surface area contributed by atoms with E-state index in [1.165, 1.54) is 25.3 Å². The quantitative estimate of drug-likeness (QED) is 0.167. The highest BCUT2D eigenvalue weighted by Gasteiger charge is 2.42. The lowest BCUT2D eigenvalue weighted by Crippen LogP contribution is -2.36. The van der Waals surface area contributed by atoms with Gasteiger partial charge < -0.3 is 9.47 Å². The Morgan fingerprint density at radius 3 is 2.72 bits per heavy atom. The third-order valence-electron chi connectivity index (χ3n) is 4.44. The lowest BCUT2D eigenvalue weighted by atomic mass is 9.75. The van der Waals surface area contributed by atoms with Crippen molar-refractivity contribution < 1.29 is 24.0 Å². The van der Waals surface area contributed by atoms with E-state index in [4.69, 9.17) is 9.47 Å². The van der Waals surface area contributed by atoms with E-state index < -0.39 is 28.7 Å². The van der Waals surface area contributed by atoms with Crippen molar-refractivity contribution in [2.24, 2.45) is 15.9 Å². The van der Waals surface area contributed by atoms with E-state index in [1.807, 2.05) is 0 Å². The topological polar surface area (TPSA) is 120 Å². The summed E-state index contributed by atoms with van der Waals surface area (Å²) >= 11 is 4.47. The fraction of sp³-hybridized carbons (Fsp3) is 0.368. The van der Waals surface area contributed by atoms with E-state index in [9.17, 15) is 19.7 Å². The average molecular weight is 417 g/mol. The van der Waals surface area contributed by atoms with Gasteiger partial charge in [0, 0.05) is 29.5 Å². The van der Waals surface area contributed by atoms with Crippen LogP contribution in [0.3, 0.4) is 0 Å². The van der Waals surface area contributed by atoms with E-state index in [0.29, 0.717) is 17.0 Å². The first-order chi connectivity index (χ1) is 13.8. The number of benzene rings is 1. The molecule has 1 aliphatic heterocycles. The average Bonchev–Trinajstić information content (AvgIpc) is 2.70. The van der Waals surface area contributed by atoms with Crippen LogP contribution in [0.25, 0.3) is 0 Å². The number of allylic oxidation sites excluding steroid dienone is 1. The molecule has 0 saturated carbocycles. The van der Waals surface area contributed by atoms with Crippen molar-refractivity contribution in [2.45, 2.75) is 19.8 Å². The number of rotatable bonds is 7. The summed E-state index contributed by atoms with van der Waals surface area (Å²) in [4.78, 5) is 44.0. The molecule has 10 heteroatoms. The van der Waals surface area contributed by atoms with Gasteiger partial charge in [-0.15, -0.1) is 0 Å². The van der Waals surface area contributed by atoms with Crippen LogP contribution in [0.4, 0.5) is 5.69 Å². The summed E-state index contributed by atoms with van der Waals surface area (Å²) in [6, 6.07) is 5.77. The van der Waals surface area contributed by atoms with E-state index in [1.54, 1.807) is 19.9 Å². The number of thiocarbonyl (C=S) groups is 1. The highest BCUT2D eigenvalue weighted by molar-refractivity contribution is 7.78. The van der Waals surface area contributed by atoms with Crippen LogP contribution >= 0.6 is 12.2 Å². The second kappa shape index (κ2) is 9.81. The standard InChI is InChI=1S/C19H19N3O6S/c1-11-15(18(23)27-3)17(13-5-4-6-14(9-13)22(25)26)16(12(2)21-11)19(24)28-8-7-20-10-29/h4-6,9,15,17H,7-8H2,1-3H3. The zero-order valence-electron chi connectivity index (χ0n) is 16.1. The van der Waals surface area contributed by atoms with Crippen LogP contribution in [0.2, 0.25) is 0 Å². The molecule has 1 heterocycles. The number of carbonyl (C=O) groups excluding carboxylic acids is 2. The molecule has 9 nitrogen and oxygen atoms in total. The van der Waals surface area contributed by atoms with Crippen molar-refractivity contribution in [3.63, 3.8) is 0 Å². The van der Waals surface area contributed by atoms with Crippen molar-refractivity contribution in [3.05, 3.63) is 51.2 Å². The molecule has 1 aromatic rings. The fourth-order valence-electron chi connectivity index (χ4n) is 3.23. The van der Waals surface area contributed by atoms with E-state index in [2.05, 4.69) is 27.4 Å². The van der Waals surface area contributed by atoms with Crippen LogP contribution in [0, 0.1) is 16.0 Å². The molecule has 152 valence electrons. The van der Waals surface area contributed by atoms with Gasteiger partial charge >= 0.3 is 11.9 Å². The summed E-state index contributed by atoms with van der Waals surface area (Å²) < 4.78 is 10.2. The number of nitro benzene ring substituents is 1. The third-order valence-corrected chi connectivity index (χ3v) is 4.57. The van der Waals surface area contributed by atoms with Gasteiger partial charge in [-0.1, -0.05) is 12.1 Å². The minimum Gasteiger partial charge on any atom is -0.468 e. The van der Waals surface area contributed by atoms with Gasteiger partial charge in [0.25, 0.3) is 5.69 Å². The molecule has 0 radical (unpaired) electrons. The van der Waals surface area contributed by atoms with Crippen LogP contribution in [-0.2, 0) is 19.1 Å². The summed E-state index contributed by atoms with van der Waals surface area (Å²) in [5, 5.41) is 13.4. The molecule has 0 spiro atoms. The number of ether oxygens (including phenoxy) is 2. The monoisotopic (exact) mass is 417 g/mol. The van der Waals surface area contributed by atoms with Crippen LogP contribution in [-0.4, -0.2) is 48.0 Å². The lowest BCUT2D eigenvalue weighted by Gasteiger charge is -2.31. The highest BCUT2D eigenvalue weighted by atomic mass is 32.1. The zero-order chi connectivity index (χ0) is 21.6. The third kappa shape index (κ3) is 4.98. The summed E-state index contributed by atoms with van der Waals surface area (Å²) in [6.45, 7) is 3.37. The van der Waals surface area contributed by atoms with Crippen LogP contribution in [0.5, 0.6) is 0 Å². The van der Waals surface area contributed by atoms with E-state index in [0.717, 1.165) is 0 Å². The maximum Gasteiger partial charge on any atom is 0.336 e. The maximum absolute atomic E-state index is 12.8. The Bertz CT molecular complexity index is 949. The van der Waals surface area contributed by atoms with Gasteiger partial charge in [-0.2, -0.15) is 0 Å². The lowest BCUT2D eigenvalue weighted by molar-refractivity contribution is -0.384. The molecule has 0 N–H and O–H groups in total. The largest absolute Gasteiger partial charge is 0.468 e. The smallest absolute Gasteiger partial charge is 0.336 e. The molecular formula is C19H19N3O6S. The van der Waals surface area contributed by atoms with Crippen molar-refractivity contribution in [1.82, 2.24) is 0 Å². The molecule has 1 aromatic carbocycles. The predicted octanol–water partition coefficient (Wildman–Crippen LogP) is 2.86. The summed E-state index contributed by atoms with van der Waals surface area (Å²) in [5.41, 5.74) is 1.19. The maximum atomic E-state index is 12.8. The first-order valence-corrected chi connectivity index (χ1v) is 9.01. The van der Waals surface area contributed by atoms with Crippen LogP contribution in [0.1, 0.15) is 25.3 Å². The number of isothiocyanates is 1. The van der Waals surface area contributed by atoms with Crippen molar-refractivity contribution in [1.29, 1.82) is 0 Å². The second-order valence-corrected chi connectivity index (χ2v) is 6.37. The Kier molecular flexibility index (Phi) is 7.46. The van der Waals surface area contributed by atoms with Gasteiger partial charge in [-0.25, -0.2) is 9.79 Å². The summed E-state index contributed by atoms with van der Waals surface area (Å²) in [7, 11) is 1.23. The number of hydrogen-bond donors (Lipinski definition) is 0. The van der Waals surface area contributed by atoms with Gasteiger partial charge in [-0.05, 0) is 31.6 Å². The number of non-ortho nitro benzene ring substituents is 1. The summed E-state index contributed by atoms with van der Waals surface area (Å²) in [5.74, 6) is -3.07. The zero-order valence-corrected chi connectivity index (χ0v) is 16.9. The molecule has 29 heavy (non-hydrogen) atoms. The van der Waals surface area contributed by atoms with Crippen molar-refractivity contribution >= 4 is 40.7 Å². The molecule has 0 amide bonds. The Hall–Kier alpha value is -3.23. The van der Waals surface area contributed by atoms with Crippen molar-refractivity contribution in [2.75, 3.05) is 20.3 Å². The van der Waals surface area contributed by atoms with Crippen LogP contribution < -0.4 is 0 Å². The van der Waals surface area contributed by atoms with Gasteiger partial charge in [-0.3, -0.25) is 19.9 Å². The predicted molar refractivity (Wildman–Crippen MR) is 108 cm³/mol. The van der Waals surface area contributed by atoms with Gasteiger partial charge in [0.15, 0.2) is 0 Å². The number of nitrogens with zero attached hydrogens (tertiary/aromatic N) is 3. The van der Waals surface area contributed by atoms with Crippen molar-refractivity contribution in [3.8, 4) is 0 Å². The normalized spacial score (nSPS) is 18.4. The molecule has 0 bridgehead atoms. The number of hydrogen-bond acceptors (Lipinski definition) is 9. The van der Waals surface area contributed by atoms with Crippen LogP contribution in [0.15, 0.2) is 45.5 Å². The minimum absolute atomic E-state index is 0.0352. The molecule has 2 rings (SSSR count).